The third-order valence-corrected chi connectivity index (χ3v) is 4.22. The van der Waals surface area contributed by atoms with Gasteiger partial charge in [0.15, 0.2) is 5.82 Å². The van der Waals surface area contributed by atoms with Gasteiger partial charge in [0.25, 0.3) is 0 Å². The van der Waals surface area contributed by atoms with E-state index in [-0.39, 0.29) is 5.75 Å². The van der Waals surface area contributed by atoms with Crippen LogP contribution in [0, 0.1) is 0 Å². The van der Waals surface area contributed by atoms with Gasteiger partial charge in [-0.25, -0.2) is 4.98 Å². The summed E-state index contributed by atoms with van der Waals surface area (Å²) >= 11 is 3.44. The maximum atomic E-state index is 10.1. The van der Waals surface area contributed by atoms with E-state index in [1.54, 1.807) is 18.2 Å². The van der Waals surface area contributed by atoms with E-state index < -0.39 is 0 Å². The SMILES string of the molecule is Oc1ccccc1-c1nc(Oc2cccc(Br)c2)c2ccccc2n1. The summed E-state index contributed by atoms with van der Waals surface area (Å²) in [4.78, 5) is 9.11. The lowest BCUT2D eigenvalue weighted by Gasteiger charge is -2.11. The first kappa shape index (κ1) is 15.6. The Balaban J connectivity index is 1.89. The minimum atomic E-state index is 0.131. The molecule has 4 rings (SSSR count). The third kappa shape index (κ3) is 3.19. The van der Waals surface area contributed by atoms with E-state index in [0.717, 1.165) is 15.4 Å². The molecule has 0 aliphatic carbocycles. The molecule has 0 bridgehead atoms. The lowest BCUT2D eigenvalue weighted by molar-refractivity contribution is 0.467. The van der Waals surface area contributed by atoms with E-state index in [1.807, 2.05) is 54.6 Å². The number of phenols is 1. The average molecular weight is 393 g/mol. The van der Waals surface area contributed by atoms with Crippen molar-refractivity contribution in [2.24, 2.45) is 0 Å². The summed E-state index contributed by atoms with van der Waals surface area (Å²) in [6.07, 6.45) is 0. The standard InChI is InChI=1S/C20H13BrN2O2/c21-13-6-5-7-14(12-13)25-20-15-8-1-3-10-17(15)22-19(23-20)16-9-2-4-11-18(16)24/h1-12,24H. The van der Waals surface area contributed by atoms with Crippen LogP contribution in [-0.2, 0) is 0 Å². The summed E-state index contributed by atoms with van der Waals surface area (Å²) in [6, 6.07) is 22.2. The quantitative estimate of drug-likeness (QED) is 0.495. The zero-order valence-corrected chi connectivity index (χ0v) is 14.6. The van der Waals surface area contributed by atoms with Crippen molar-refractivity contribution in [2.75, 3.05) is 0 Å². The number of para-hydroxylation sites is 2. The highest BCUT2D eigenvalue weighted by atomic mass is 79.9. The molecule has 122 valence electrons. The van der Waals surface area contributed by atoms with Gasteiger partial charge in [0, 0.05) is 4.47 Å². The smallest absolute Gasteiger partial charge is 0.230 e. The van der Waals surface area contributed by atoms with Crippen LogP contribution in [0.2, 0.25) is 0 Å². The summed E-state index contributed by atoms with van der Waals surface area (Å²) in [6.45, 7) is 0. The fourth-order valence-corrected chi connectivity index (χ4v) is 2.93. The van der Waals surface area contributed by atoms with Crippen molar-refractivity contribution in [1.29, 1.82) is 0 Å². The van der Waals surface area contributed by atoms with Crippen LogP contribution in [0.4, 0.5) is 0 Å². The second-order valence-electron chi connectivity index (χ2n) is 5.45. The predicted octanol–water partition coefficient (Wildman–Crippen LogP) is 5.56. The highest BCUT2D eigenvalue weighted by Gasteiger charge is 2.13. The number of rotatable bonds is 3. The Morgan fingerprint density at radius 1 is 0.840 bits per heavy atom. The Morgan fingerprint density at radius 2 is 1.64 bits per heavy atom. The van der Waals surface area contributed by atoms with E-state index in [0.29, 0.717) is 23.0 Å². The van der Waals surface area contributed by atoms with Gasteiger partial charge < -0.3 is 9.84 Å². The monoisotopic (exact) mass is 392 g/mol. The molecule has 0 amide bonds. The van der Waals surface area contributed by atoms with E-state index >= 15 is 0 Å². The van der Waals surface area contributed by atoms with Crippen LogP contribution in [0.1, 0.15) is 0 Å². The molecule has 1 N–H and O–H groups in total. The summed E-state index contributed by atoms with van der Waals surface area (Å²) < 4.78 is 6.93. The molecule has 0 saturated heterocycles. The Kier molecular flexibility index (Phi) is 4.07. The number of aromatic nitrogens is 2. The minimum Gasteiger partial charge on any atom is -0.507 e. The van der Waals surface area contributed by atoms with Gasteiger partial charge in [-0.15, -0.1) is 0 Å². The second kappa shape index (κ2) is 6.53. The molecule has 0 atom stereocenters. The fourth-order valence-electron chi connectivity index (χ4n) is 2.55. The number of hydrogen-bond donors (Lipinski definition) is 1. The number of phenolic OH excluding ortho intramolecular Hbond substituents is 1. The Labute approximate surface area is 152 Å². The molecule has 0 radical (unpaired) electrons. The van der Waals surface area contributed by atoms with Gasteiger partial charge >= 0.3 is 0 Å². The van der Waals surface area contributed by atoms with Crippen molar-refractivity contribution < 1.29 is 9.84 Å². The van der Waals surface area contributed by atoms with Gasteiger partial charge in [-0.1, -0.05) is 46.3 Å². The number of benzene rings is 3. The lowest BCUT2D eigenvalue weighted by Crippen LogP contribution is -1.96. The molecule has 25 heavy (non-hydrogen) atoms. The van der Waals surface area contributed by atoms with Gasteiger partial charge in [-0.2, -0.15) is 4.98 Å². The largest absolute Gasteiger partial charge is 0.507 e. The first-order chi connectivity index (χ1) is 12.2. The van der Waals surface area contributed by atoms with Crippen molar-refractivity contribution in [3.63, 3.8) is 0 Å². The summed E-state index contributed by atoms with van der Waals surface area (Å²) in [7, 11) is 0. The van der Waals surface area contributed by atoms with Crippen molar-refractivity contribution in [3.05, 3.63) is 77.3 Å². The van der Waals surface area contributed by atoms with Gasteiger partial charge in [-0.3, -0.25) is 0 Å². The minimum absolute atomic E-state index is 0.131. The van der Waals surface area contributed by atoms with E-state index in [9.17, 15) is 5.11 Å². The summed E-state index contributed by atoms with van der Waals surface area (Å²) in [5, 5.41) is 10.9. The summed E-state index contributed by atoms with van der Waals surface area (Å²) in [5.41, 5.74) is 1.31. The van der Waals surface area contributed by atoms with Crippen LogP contribution in [0.3, 0.4) is 0 Å². The molecule has 0 saturated carbocycles. The first-order valence-electron chi connectivity index (χ1n) is 7.69. The fraction of sp³-hybridized carbons (Fsp3) is 0. The number of fused-ring (bicyclic) bond motifs is 1. The van der Waals surface area contributed by atoms with Crippen LogP contribution in [-0.4, -0.2) is 15.1 Å². The van der Waals surface area contributed by atoms with Crippen LogP contribution in [0.15, 0.2) is 77.3 Å². The number of ether oxygens (including phenoxy) is 1. The van der Waals surface area contributed by atoms with Crippen molar-refractivity contribution in [1.82, 2.24) is 9.97 Å². The topological polar surface area (TPSA) is 55.2 Å². The molecular formula is C20H13BrN2O2. The maximum Gasteiger partial charge on any atom is 0.230 e. The van der Waals surface area contributed by atoms with E-state index in [4.69, 9.17) is 4.74 Å². The zero-order chi connectivity index (χ0) is 17.2. The number of aromatic hydroxyl groups is 1. The van der Waals surface area contributed by atoms with Crippen LogP contribution in [0.5, 0.6) is 17.4 Å². The second-order valence-corrected chi connectivity index (χ2v) is 6.36. The maximum absolute atomic E-state index is 10.1. The van der Waals surface area contributed by atoms with Gasteiger partial charge in [0.1, 0.15) is 11.5 Å². The molecule has 5 heteroatoms. The van der Waals surface area contributed by atoms with Crippen LogP contribution >= 0.6 is 15.9 Å². The van der Waals surface area contributed by atoms with Crippen molar-refractivity contribution in [2.45, 2.75) is 0 Å². The summed E-state index contributed by atoms with van der Waals surface area (Å²) in [5.74, 6) is 1.66. The van der Waals surface area contributed by atoms with Gasteiger partial charge in [0.05, 0.1) is 16.5 Å². The molecule has 3 aromatic carbocycles. The first-order valence-corrected chi connectivity index (χ1v) is 8.48. The highest BCUT2D eigenvalue weighted by Crippen LogP contribution is 2.33. The number of nitrogens with zero attached hydrogens (tertiary/aromatic N) is 2. The van der Waals surface area contributed by atoms with E-state index in [1.165, 1.54) is 0 Å². The van der Waals surface area contributed by atoms with Gasteiger partial charge in [-0.05, 0) is 42.5 Å². The number of hydrogen-bond acceptors (Lipinski definition) is 4. The molecule has 1 aromatic heterocycles. The van der Waals surface area contributed by atoms with E-state index in [2.05, 4.69) is 25.9 Å². The Morgan fingerprint density at radius 3 is 2.48 bits per heavy atom. The Bertz CT molecular complexity index is 1070. The molecule has 0 spiro atoms. The number of halogens is 1. The lowest BCUT2D eigenvalue weighted by atomic mass is 10.1. The molecule has 0 fully saturated rings. The molecule has 0 aliphatic rings. The molecule has 4 nitrogen and oxygen atoms in total. The molecular weight excluding hydrogens is 380 g/mol. The van der Waals surface area contributed by atoms with Gasteiger partial charge in [0.2, 0.25) is 5.88 Å². The highest BCUT2D eigenvalue weighted by molar-refractivity contribution is 9.10. The van der Waals surface area contributed by atoms with Crippen LogP contribution < -0.4 is 4.74 Å². The molecule has 4 aromatic rings. The Hall–Kier alpha value is -2.92. The molecule has 0 aliphatic heterocycles. The zero-order valence-electron chi connectivity index (χ0n) is 13.1. The normalized spacial score (nSPS) is 10.8. The van der Waals surface area contributed by atoms with Crippen molar-refractivity contribution >= 4 is 26.8 Å². The predicted molar refractivity (Wildman–Crippen MR) is 101 cm³/mol. The van der Waals surface area contributed by atoms with Crippen LogP contribution in [0.25, 0.3) is 22.3 Å². The average Bonchev–Trinajstić information content (AvgIpc) is 2.62. The van der Waals surface area contributed by atoms with Crippen molar-refractivity contribution in [3.8, 4) is 28.8 Å². The molecule has 0 unspecified atom stereocenters. The molecule has 1 heterocycles. The third-order valence-electron chi connectivity index (χ3n) is 3.72.